The summed E-state index contributed by atoms with van der Waals surface area (Å²) in [6, 6.07) is 0. The molecule has 0 saturated heterocycles. The SMILES string of the molecule is O=[C]CCCBr. The van der Waals surface area contributed by atoms with Crippen molar-refractivity contribution in [3.63, 3.8) is 0 Å². The molecule has 0 bridgehead atoms. The molecule has 0 aromatic heterocycles. The zero-order valence-electron chi connectivity index (χ0n) is 3.41. The van der Waals surface area contributed by atoms with Gasteiger partial charge in [0.2, 0.25) is 0 Å². The fourth-order valence-electron chi connectivity index (χ4n) is 0.139. The van der Waals surface area contributed by atoms with Gasteiger partial charge in [-0.2, -0.15) is 0 Å². The highest BCUT2D eigenvalue weighted by Crippen LogP contribution is 1.88. The van der Waals surface area contributed by atoms with Crippen LogP contribution in [0.5, 0.6) is 0 Å². The van der Waals surface area contributed by atoms with Gasteiger partial charge in [0, 0.05) is 11.8 Å². The van der Waals surface area contributed by atoms with Gasteiger partial charge in [-0.25, -0.2) is 0 Å². The van der Waals surface area contributed by atoms with Gasteiger partial charge in [0.25, 0.3) is 0 Å². The minimum absolute atomic E-state index is 0.561. The second-order valence-electron chi connectivity index (χ2n) is 0.937. The highest BCUT2D eigenvalue weighted by Gasteiger charge is 1.77. The lowest BCUT2D eigenvalue weighted by Gasteiger charge is -1.76. The zero-order chi connectivity index (χ0) is 4.83. The maximum atomic E-state index is 9.42. The third-order valence-electron chi connectivity index (χ3n) is 0.412. The maximum Gasteiger partial charge on any atom is 0.198 e. The van der Waals surface area contributed by atoms with Crippen molar-refractivity contribution in [1.29, 1.82) is 0 Å². The van der Waals surface area contributed by atoms with Gasteiger partial charge in [-0.05, 0) is 6.42 Å². The van der Waals surface area contributed by atoms with Crippen molar-refractivity contribution in [2.75, 3.05) is 5.33 Å². The number of hydrogen-bond acceptors (Lipinski definition) is 1. The van der Waals surface area contributed by atoms with Crippen LogP contribution in [0.25, 0.3) is 0 Å². The predicted octanol–water partition coefficient (Wildman–Crippen LogP) is 1.27. The molecule has 2 heteroatoms. The van der Waals surface area contributed by atoms with Crippen LogP contribution in [0.2, 0.25) is 0 Å². The smallest absolute Gasteiger partial charge is 0.198 e. The Morgan fingerprint density at radius 1 is 1.67 bits per heavy atom. The summed E-state index contributed by atoms with van der Waals surface area (Å²) in [7, 11) is 0. The molecule has 0 spiro atoms. The van der Waals surface area contributed by atoms with E-state index in [-0.39, 0.29) is 0 Å². The van der Waals surface area contributed by atoms with Crippen molar-refractivity contribution in [3.8, 4) is 0 Å². The van der Waals surface area contributed by atoms with Crippen LogP contribution in [0, 0.1) is 0 Å². The summed E-state index contributed by atoms with van der Waals surface area (Å²) in [5.74, 6) is 0. The highest BCUT2D eigenvalue weighted by molar-refractivity contribution is 9.09. The van der Waals surface area contributed by atoms with Crippen molar-refractivity contribution < 1.29 is 4.79 Å². The number of carbonyl (C=O) groups excluding carboxylic acids is 1. The monoisotopic (exact) mass is 149 g/mol. The summed E-state index contributed by atoms with van der Waals surface area (Å²) in [4.78, 5) is 9.42. The standard InChI is InChI=1S/C4H6BrO/c5-3-1-2-4-6/h1-3H2. The van der Waals surface area contributed by atoms with Gasteiger partial charge in [-0.1, -0.05) is 15.9 Å². The van der Waals surface area contributed by atoms with E-state index in [4.69, 9.17) is 0 Å². The average Bonchev–Trinajstić information content (AvgIpc) is 1.61. The topological polar surface area (TPSA) is 17.1 Å². The van der Waals surface area contributed by atoms with Crippen LogP contribution in [-0.4, -0.2) is 11.6 Å². The molecule has 0 aliphatic carbocycles. The second kappa shape index (κ2) is 5.15. The predicted molar refractivity (Wildman–Crippen MR) is 28.7 cm³/mol. The molecule has 0 unspecified atom stereocenters. The van der Waals surface area contributed by atoms with Gasteiger partial charge in [-0.3, -0.25) is 4.79 Å². The largest absolute Gasteiger partial charge is 0.291 e. The Balaban J connectivity index is 2.49. The minimum Gasteiger partial charge on any atom is -0.291 e. The fourth-order valence-corrected chi connectivity index (χ4v) is 0.419. The van der Waals surface area contributed by atoms with Crippen molar-refractivity contribution in [3.05, 3.63) is 0 Å². The molecular formula is C4H6BrO. The molecule has 0 fully saturated rings. The van der Waals surface area contributed by atoms with E-state index in [2.05, 4.69) is 15.9 Å². The molecule has 0 rings (SSSR count). The van der Waals surface area contributed by atoms with Crippen LogP contribution in [0.3, 0.4) is 0 Å². The van der Waals surface area contributed by atoms with E-state index in [0.29, 0.717) is 6.42 Å². The number of halogens is 1. The van der Waals surface area contributed by atoms with Crippen LogP contribution in [0.1, 0.15) is 12.8 Å². The Morgan fingerprint density at radius 3 is 2.50 bits per heavy atom. The summed E-state index contributed by atoms with van der Waals surface area (Å²) in [5.41, 5.74) is 0. The number of unbranched alkanes of at least 4 members (excludes halogenated alkanes) is 1. The third kappa shape index (κ3) is 4.15. The van der Waals surface area contributed by atoms with Gasteiger partial charge >= 0.3 is 0 Å². The lowest BCUT2D eigenvalue weighted by Crippen LogP contribution is -1.73. The van der Waals surface area contributed by atoms with E-state index in [1.165, 1.54) is 0 Å². The molecule has 0 atom stereocenters. The Hall–Kier alpha value is 0.150. The number of hydrogen-bond donors (Lipinski definition) is 0. The molecule has 6 heavy (non-hydrogen) atoms. The van der Waals surface area contributed by atoms with Crippen molar-refractivity contribution >= 4 is 22.2 Å². The molecule has 0 saturated carbocycles. The maximum absolute atomic E-state index is 9.42. The van der Waals surface area contributed by atoms with Gasteiger partial charge in [0.1, 0.15) is 0 Å². The lowest BCUT2D eigenvalue weighted by molar-refractivity contribution is 0.551. The van der Waals surface area contributed by atoms with Crippen molar-refractivity contribution in [2.45, 2.75) is 12.8 Å². The number of alkyl halides is 1. The van der Waals surface area contributed by atoms with Crippen LogP contribution in [0.15, 0.2) is 0 Å². The van der Waals surface area contributed by atoms with Gasteiger partial charge < -0.3 is 0 Å². The quantitative estimate of drug-likeness (QED) is 0.437. The summed E-state index contributed by atoms with van der Waals surface area (Å²) in [6.45, 7) is 0. The summed E-state index contributed by atoms with van der Waals surface area (Å²) < 4.78 is 0. The highest BCUT2D eigenvalue weighted by atomic mass is 79.9. The fraction of sp³-hybridized carbons (Fsp3) is 0.750. The van der Waals surface area contributed by atoms with Gasteiger partial charge in [-0.15, -0.1) is 0 Å². The van der Waals surface area contributed by atoms with E-state index in [0.717, 1.165) is 11.8 Å². The zero-order valence-corrected chi connectivity index (χ0v) is 4.99. The molecule has 0 aliphatic heterocycles. The summed E-state index contributed by atoms with van der Waals surface area (Å²) >= 11 is 3.17. The van der Waals surface area contributed by atoms with Crippen molar-refractivity contribution in [2.24, 2.45) is 0 Å². The van der Waals surface area contributed by atoms with Crippen LogP contribution >= 0.6 is 15.9 Å². The molecule has 1 nitrogen and oxygen atoms in total. The molecule has 0 amide bonds. The minimum atomic E-state index is 0.561. The van der Waals surface area contributed by atoms with Crippen LogP contribution in [0.4, 0.5) is 0 Å². The number of rotatable bonds is 3. The molecule has 0 N–H and O–H groups in total. The normalized spacial score (nSPS) is 8.17. The van der Waals surface area contributed by atoms with Gasteiger partial charge in [0.15, 0.2) is 6.29 Å². The van der Waals surface area contributed by atoms with Crippen LogP contribution < -0.4 is 0 Å². The van der Waals surface area contributed by atoms with E-state index < -0.39 is 0 Å². The first-order chi connectivity index (χ1) is 2.91. The molecule has 35 valence electrons. The molecule has 0 aromatic rings. The molecule has 1 radical (unpaired) electrons. The van der Waals surface area contributed by atoms with E-state index >= 15 is 0 Å². The third-order valence-corrected chi connectivity index (χ3v) is 0.973. The van der Waals surface area contributed by atoms with E-state index in [9.17, 15) is 4.79 Å². The molecule has 0 aliphatic rings. The molecule has 0 aromatic carbocycles. The summed E-state index contributed by atoms with van der Waals surface area (Å²) in [6.07, 6.45) is 3.26. The Morgan fingerprint density at radius 2 is 2.33 bits per heavy atom. The van der Waals surface area contributed by atoms with Crippen molar-refractivity contribution in [1.82, 2.24) is 0 Å². The first-order valence-corrected chi connectivity index (χ1v) is 2.95. The Kier molecular flexibility index (Phi) is 5.28. The van der Waals surface area contributed by atoms with Crippen LogP contribution in [-0.2, 0) is 4.79 Å². The first kappa shape index (κ1) is 6.15. The Labute approximate surface area is 45.9 Å². The molecule has 0 heterocycles. The summed E-state index contributed by atoms with van der Waals surface area (Å²) in [5, 5.41) is 0.905. The Bertz CT molecular complexity index is 36.5. The van der Waals surface area contributed by atoms with E-state index in [1.807, 2.05) is 0 Å². The molecular weight excluding hydrogens is 144 g/mol. The second-order valence-corrected chi connectivity index (χ2v) is 1.73. The lowest BCUT2D eigenvalue weighted by atomic mass is 10.4. The first-order valence-electron chi connectivity index (χ1n) is 1.82. The average molecular weight is 150 g/mol. The van der Waals surface area contributed by atoms with Gasteiger partial charge in [0.05, 0.1) is 0 Å². The van der Waals surface area contributed by atoms with E-state index in [1.54, 1.807) is 6.29 Å².